The molecule has 0 radical (unpaired) electrons. The van der Waals surface area contributed by atoms with E-state index in [0.29, 0.717) is 32.4 Å². The first-order valence-corrected chi connectivity index (χ1v) is 7.24. The highest BCUT2D eigenvalue weighted by Crippen LogP contribution is 2.32. The lowest BCUT2D eigenvalue weighted by Gasteiger charge is -2.36. The van der Waals surface area contributed by atoms with Crippen molar-refractivity contribution < 1.29 is 19.5 Å². The van der Waals surface area contributed by atoms with Crippen LogP contribution in [-0.2, 0) is 14.4 Å². The van der Waals surface area contributed by atoms with Crippen molar-refractivity contribution in [2.75, 3.05) is 13.1 Å². The van der Waals surface area contributed by atoms with Gasteiger partial charge < -0.3 is 10.0 Å². The smallest absolute Gasteiger partial charge is 0.354 e. The van der Waals surface area contributed by atoms with Gasteiger partial charge in [-0.1, -0.05) is 19.8 Å². The van der Waals surface area contributed by atoms with Gasteiger partial charge in [-0.15, -0.1) is 0 Å². The highest BCUT2D eigenvalue weighted by molar-refractivity contribution is 5.86. The second-order valence-corrected chi connectivity index (χ2v) is 5.47. The van der Waals surface area contributed by atoms with Crippen LogP contribution in [0.3, 0.4) is 0 Å². The number of carbonyl (C=O) groups is 2. The fourth-order valence-corrected chi connectivity index (χ4v) is 2.65. The van der Waals surface area contributed by atoms with Gasteiger partial charge >= 0.3 is 5.97 Å². The Bertz CT molecular complexity index is 411. The minimum absolute atomic E-state index is 0.0905. The zero-order valence-electron chi connectivity index (χ0n) is 11.9. The molecule has 0 atom stereocenters. The van der Waals surface area contributed by atoms with Gasteiger partial charge in [0.1, 0.15) is 11.3 Å². The summed E-state index contributed by atoms with van der Waals surface area (Å²) in [7, 11) is 0. The summed E-state index contributed by atoms with van der Waals surface area (Å²) in [5.41, 5.74) is 1.99. The molecule has 6 nitrogen and oxygen atoms in total. The van der Waals surface area contributed by atoms with Crippen molar-refractivity contribution in [2.24, 2.45) is 0 Å². The molecule has 20 heavy (non-hydrogen) atoms. The average molecular weight is 282 g/mol. The minimum atomic E-state index is -1.01. The van der Waals surface area contributed by atoms with Crippen molar-refractivity contribution in [3.05, 3.63) is 11.8 Å². The van der Waals surface area contributed by atoms with Crippen molar-refractivity contribution in [1.82, 2.24) is 10.4 Å². The van der Waals surface area contributed by atoms with Crippen molar-refractivity contribution in [1.29, 1.82) is 0 Å². The summed E-state index contributed by atoms with van der Waals surface area (Å²) in [6, 6.07) is 0. The summed E-state index contributed by atoms with van der Waals surface area (Å²) >= 11 is 0. The third-order valence-corrected chi connectivity index (χ3v) is 3.96. The predicted octanol–water partition coefficient (Wildman–Crippen LogP) is 1.43. The molecule has 2 rings (SSSR count). The molecule has 0 bridgehead atoms. The zero-order valence-corrected chi connectivity index (χ0v) is 11.9. The van der Waals surface area contributed by atoms with Crippen molar-refractivity contribution in [2.45, 2.75) is 51.0 Å². The first-order chi connectivity index (χ1) is 9.56. The monoisotopic (exact) mass is 282 g/mol. The fourth-order valence-electron chi connectivity index (χ4n) is 2.65. The van der Waals surface area contributed by atoms with Gasteiger partial charge in [-0.05, 0) is 12.5 Å². The summed E-state index contributed by atoms with van der Waals surface area (Å²) in [4.78, 5) is 30.2. The molecule has 112 valence electrons. The van der Waals surface area contributed by atoms with Crippen LogP contribution < -0.4 is 5.48 Å². The summed E-state index contributed by atoms with van der Waals surface area (Å²) in [6.07, 6.45) is 6.65. The van der Waals surface area contributed by atoms with Gasteiger partial charge in [0.25, 0.3) is 0 Å². The molecule has 0 aromatic heterocycles. The summed E-state index contributed by atoms with van der Waals surface area (Å²) < 4.78 is 0. The van der Waals surface area contributed by atoms with Crippen LogP contribution in [0.5, 0.6) is 0 Å². The van der Waals surface area contributed by atoms with Gasteiger partial charge in [-0.3, -0.25) is 15.1 Å². The van der Waals surface area contributed by atoms with Crippen LogP contribution in [0.25, 0.3) is 0 Å². The minimum Gasteiger partial charge on any atom is -0.477 e. The van der Waals surface area contributed by atoms with Crippen molar-refractivity contribution in [3.8, 4) is 0 Å². The number of amides is 1. The second-order valence-electron chi connectivity index (χ2n) is 5.47. The van der Waals surface area contributed by atoms with E-state index in [4.69, 9.17) is 9.94 Å². The molecule has 0 saturated carbocycles. The number of hydrogen-bond donors (Lipinski definition) is 2. The van der Waals surface area contributed by atoms with Crippen LogP contribution in [0.2, 0.25) is 0 Å². The molecular formula is C14H22N2O4. The largest absolute Gasteiger partial charge is 0.477 e. The number of carboxylic acids is 1. The summed E-state index contributed by atoms with van der Waals surface area (Å²) in [5.74, 6) is -0.818. The average Bonchev–Trinajstić information content (AvgIpc) is 2.84. The molecule has 2 aliphatic heterocycles. The molecule has 1 spiro atoms. The van der Waals surface area contributed by atoms with E-state index in [1.165, 1.54) is 0 Å². The Balaban J connectivity index is 1.84. The number of carbonyl (C=O) groups excluding carboxylic acids is 1. The van der Waals surface area contributed by atoms with Crippen LogP contribution in [-0.4, -0.2) is 40.6 Å². The molecule has 1 saturated heterocycles. The highest BCUT2D eigenvalue weighted by Gasteiger charge is 2.40. The Kier molecular flexibility index (Phi) is 4.65. The van der Waals surface area contributed by atoms with Gasteiger partial charge in [0, 0.05) is 32.4 Å². The Hall–Kier alpha value is -1.56. The number of piperidine rings is 1. The molecular weight excluding hydrogens is 260 g/mol. The van der Waals surface area contributed by atoms with Gasteiger partial charge in [-0.25, -0.2) is 4.79 Å². The van der Waals surface area contributed by atoms with E-state index < -0.39 is 11.6 Å². The Morgan fingerprint density at radius 3 is 2.65 bits per heavy atom. The maximum Gasteiger partial charge on any atom is 0.354 e. The van der Waals surface area contributed by atoms with Crippen LogP contribution >= 0.6 is 0 Å². The number of likely N-dealkylation sites (tertiary alicyclic amines) is 1. The first kappa shape index (κ1) is 14.8. The Morgan fingerprint density at radius 2 is 2.10 bits per heavy atom. The highest BCUT2D eigenvalue weighted by atomic mass is 16.7. The van der Waals surface area contributed by atoms with Gasteiger partial charge in [0.2, 0.25) is 5.91 Å². The first-order valence-electron chi connectivity index (χ1n) is 7.24. The van der Waals surface area contributed by atoms with E-state index in [1.54, 1.807) is 6.08 Å². The summed E-state index contributed by atoms with van der Waals surface area (Å²) in [5, 5.41) is 8.91. The standard InChI is InChI=1S/C14H22N2O4/c1-2-3-4-5-12(17)16-8-6-14(7-9-16)10-11(13(18)19)15-20-14/h10,15H,2-9H2,1H3,(H,18,19). The van der Waals surface area contributed by atoms with Crippen LogP contribution in [0.15, 0.2) is 11.8 Å². The number of unbranched alkanes of at least 4 members (excludes halogenated alkanes) is 2. The molecule has 0 aliphatic carbocycles. The number of carboxylic acid groups (broad SMARTS) is 1. The van der Waals surface area contributed by atoms with Gasteiger partial charge in [0.15, 0.2) is 0 Å². The van der Waals surface area contributed by atoms with Crippen LogP contribution in [0, 0.1) is 0 Å². The zero-order chi connectivity index (χ0) is 14.6. The number of hydroxylamine groups is 1. The van der Waals surface area contributed by atoms with Crippen molar-refractivity contribution >= 4 is 11.9 Å². The number of nitrogens with zero attached hydrogens (tertiary/aromatic N) is 1. The third kappa shape index (κ3) is 3.30. The molecule has 2 N–H and O–H groups in total. The van der Waals surface area contributed by atoms with Gasteiger partial charge in [-0.2, -0.15) is 0 Å². The molecule has 0 aromatic carbocycles. The van der Waals surface area contributed by atoms with E-state index in [0.717, 1.165) is 19.3 Å². The van der Waals surface area contributed by atoms with Crippen LogP contribution in [0.1, 0.15) is 45.4 Å². The third-order valence-electron chi connectivity index (χ3n) is 3.96. The molecule has 1 fully saturated rings. The van der Waals surface area contributed by atoms with Gasteiger partial charge in [0.05, 0.1) is 0 Å². The number of hydrogen-bond acceptors (Lipinski definition) is 4. The van der Waals surface area contributed by atoms with E-state index in [1.807, 2.05) is 4.90 Å². The second kappa shape index (κ2) is 6.26. The number of rotatable bonds is 5. The molecule has 6 heteroatoms. The quantitative estimate of drug-likeness (QED) is 0.746. The summed E-state index contributed by atoms with van der Waals surface area (Å²) in [6.45, 7) is 3.36. The number of nitrogens with one attached hydrogen (secondary N) is 1. The topological polar surface area (TPSA) is 78.9 Å². The predicted molar refractivity (Wildman–Crippen MR) is 72.6 cm³/mol. The van der Waals surface area contributed by atoms with E-state index >= 15 is 0 Å². The maximum atomic E-state index is 12.0. The molecule has 1 amide bonds. The normalized spacial score (nSPS) is 20.6. The molecule has 2 aliphatic rings. The Labute approximate surface area is 118 Å². The maximum absolute atomic E-state index is 12.0. The van der Waals surface area contributed by atoms with Crippen LogP contribution in [0.4, 0.5) is 0 Å². The molecule has 0 unspecified atom stereocenters. The van der Waals surface area contributed by atoms with E-state index in [9.17, 15) is 9.59 Å². The lowest BCUT2D eigenvalue weighted by Crippen LogP contribution is -2.46. The molecule has 2 heterocycles. The lowest BCUT2D eigenvalue weighted by molar-refractivity contribution is -0.138. The van der Waals surface area contributed by atoms with E-state index in [-0.39, 0.29) is 11.6 Å². The van der Waals surface area contributed by atoms with E-state index in [2.05, 4.69) is 12.4 Å². The molecule has 0 aromatic rings. The lowest BCUT2D eigenvalue weighted by atomic mass is 9.90. The Morgan fingerprint density at radius 1 is 1.40 bits per heavy atom. The number of aliphatic carboxylic acids is 1. The SMILES string of the molecule is CCCCCC(=O)N1CCC2(C=C(C(=O)O)NO2)CC1. The fraction of sp³-hybridized carbons (Fsp3) is 0.714. The van der Waals surface area contributed by atoms with Crippen molar-refractivity contribution in [3.63, 3.8) is 0 Å².